The van der Waals surface area contributed by atoms with E-state index in [1.807, 2.05) is 0 Å². The fourth-order valence-electron chi connectivity index (χ4n) is 1.63. The lowest BCUT2D eigenvalue weighted by molar-refractivity contribution is 0.173. The van der Waals surface area contributed by atoms with E-state index in [-0.39, 0.29) is 5.82 Å². The molecular weight excluding hydrogens is 321 g/mol. The van der Waals surface area contributed by atoms with E-state index in [2.05, 4.69) is 20.9 Å². The molecule has 2 aromatic rings. The Balaban J connectivity index is 2.19. The summed E-state index contributed by atoms with van der Waals surface area (Å²) in [6.07, 6.45) is 1.09. The lowest BCUT2D eigenvalue weighted by Gasteiger charge is -2.11. The molecule has 2 rings (SSSR count). The van der Waals surface area contributed by atoms with Crippen molar-refractivity contribution in [2.45, 2.75) is 12.5 Å². The van der Waals surface area contributed by atoms with Crippen molar-refractivity contribution in [1.82, 2.24) is 4.98 Å². The minimum atomic E-state index is -0.809. The van der Waals surface area contributed by atoms with Crippen molar-refractivity contribution in [1.29, 1.82) is 0 Å². The standard InChI is InChI=1S/C13H10BrClFNO/c14-9-6-8(3-4-11(9)16)7-12(18)13-10(15)2-1-5-17-13/h1-6,12,18H,7H2. The quantitative estimate of drug-likeness (QED) is 0.925. The van der Waals surface area contributed by atoms with Crippen molar-refractivity contribution in [2.75, 3.05) is 0 Å². The minimum Gasteiger partial charge on any atom is -0.386 e. The van der Waals surface area contributed by atoms with E-state index >= 15 is 0 Å². The van der Waals surface area contributed by atoms with Crippen LogP contribution in [0.1, 0.15) is 17.4 Å². The van der Waals surface area contributed by atoms with Gasteiger partial charge in [0, 0.05) is 12.6 Å². The summed E-state index contributed by atoms with van der Waals surface area (Å²) in [5.74, 6) is -0.330. The maximum atomic E-state index is 13.1. The van der Waals surface area contributed by atoms with Gasteiger partial charge in [-0.25, -0.2) is 4.39 Å². The van der Waals surface area contributed by atoms with E-state index in [0.717, 1.165) is 5.56 Å². The third-order valence-corrected chi connectivity index (χ3v) is 3.44. The second-order valence-electron chi connectivity index (χ2n) is 3.84. The summed E-state index contributed by atoms with van der Waals surface area (Å²) < 4.78 is 13.5. The zero-order valence-electron chi connectivity index (χ0n) is 9.28. The number of aliphatic hydroxyl groups excluding tert-OH is 1. The Morgan fingerprint density at radius 1 is 1.39 bits per heavy atom. The Morgan fingerprint density at radius 3 is 2.83 bits per heavy atom. The summed E-state index contributed by atoms with van der Waals surface area (Å²) in [5, 5.41) is 10.5. The van der Waals surface area contributed by atoms with Crippen LogP contribution in [0.3, 0.4) is 0 Å². The summed E-state index contributed by atoms with van der Waals surface area (Å²) >= 11 is 9.06. The van der Waals surface area contributed by atoms with Gasteiger partial charge in [0.2, 0.25) is 0 Å². The van der Waals surface area contributed by atoms with Gasteiger partial charge in [-0.3, -0.25) is 4.98 Å². The summed E-state index contributed by atoms with van der Waals surface area (Å²) in [6, 6.07) is 7.99. The number of aliphatic hydroxyl groups is 1. The average molecular weight is 331 g/mol. The van der Waals surface area contributed by atoms with Gasteiger partial charge in [-0.05, 0) is 45.8 Å². The Labute approximate surface area is 118 Å². The first-order valence-corrected chi connectivity index (χ1v) is 6.47. The Bertz CT molecular complexity index is 564. The molecule has 0 saturated heterocycles. The molecule has 0 aliphatic heterocycles. The van der Waals surface area contributed by atoms with Gasteiger partial charge in [-0.1, -0.05) is 17.7 Å². The molecule has 1 aromatic heterocycles. The third kappa shape index (κ3) is 3.07. The molecule has 1 unspecified atom stereocenters. The summed E-state index contributed by atoms with van der Waals surface area (Å²) in [4.78, 5) is 4.05. The van der Waals surface area contributed by atoms with Crippen LogP contribution in [0.5, 0.6) is 0 Å². The fourth-order valence-corrected chi connectivity index (χ4v) is 2.30. The molecule has 0 spiro atoms. The number of pyridine rings is 1. The van der Waals surface area contributed by atoms with Crippen LogP contribution in [0.2, 0.25) is 5.02 Å². The van der Waals surface area contributed by atoms with E-state index in [0.29, 0.717) is 21.6 Å². The molecule has 1 N–H and O–H groups in total. The first kappa shape index (κ1) is 13.5. The molecular formula is C13H10BrClFNO. The largest absolute Gasteiger partial charge is 0.386 e. The van der Waals surface area contributed by atoms with Gasteiger partial charge >= 0.3 is 0 Å². The van der Waals surface area contributed by atoms with Crippen molar-refractivity contribution in [3.05, 3.63) is 63.1 Å². The molecule has 5 heteroatoms. The zero-order valence-corrected chi connectivity index (χ0v) is 11.6. The molecule has 0 amide bonds. The van der Waals surface area contributed by atoms with E-state index in [4.69, 9.17) is 11.6 Å². The Hall–Kier alpha value is -0.970. The van der Waals surface area contributed by atoms with Crippen LogP contribution >= 0.6 is 27.5 Å². The monoisotopic (exact) mass is 329 g/mol. The van der Waals surface area contributed by atoms with Crippen LogP contribution in [-0.2, 0) is 6.42 Å². The van der Waals surface area contributed by atoms with Gasteiger partial charge in [0.1, 0.15) is 11.9 Å². The Morgan fingerprint density at radius 2 is 2.17 bits per heavy atom. The summed E-state index contributed by atoms with van der Waals surface area (Å²) in [7, 11) is 0. The van der Waals surface area contributed by atoms with Crippen LogP contribution in [0.25, 0.3) is 0 Å². The number of halogens is 3. The van der Waals surface area contributed by atoms with Gasteiger partial charge < -0.3 is 5.11 Å². The molecule has 1 aromatic carbocycles. The zero-order chi connectivity index (χ0) is 13.1. The maximum absolute atomic E-state index is 13.1. The number of nitrogens with zero attached hydrogens (tertiary/aromatic N) is 1. The van der Waals surface area contributed by atoms with Gasteiger partial charge in [-0.2, -0.15) is 0 Å². The molecule has 1 atom stereocenters. The minimum absolute atomic E-state index is 0.329. The van der Waals surface area contributed by atoms with Crippen molar-refractivity contribution in [3.63, 3.8) is 0 Å². The molecule has 1 heterocycles. The predicted molar refractivity (Wildman–Crippen MR) is 72.0 cm³/mol. The van der Waals surface area contributed by atoms with Crippen LogP contribution < -0.4 is 0 Å². The topological polar surface area (TPSA) is 33.1 Å². The lowest BCUT2D eigenvalue weighted by Crippen LogP contribution is -2.05. The number of benzene rings is 1. The van der Waals surface area contributed by atoms with E-state index in [1.54, 1.807) is 30.5 Å². The highest BCUT2D eigenvalue weighted by atomic mass is 79.9. The van der Waals surface area contributed by atoms with Crippen molar-refractivity contribution < 1.29 is 9.50 Å². The number of hydrogen-bond donors (Lipinski definition) is 1. The van der Waals surface area contributed by atoms with Crippen LogP contribution in [-0.4, -0.2) is 10.1 Å². The van der Waals surface area contributed by atoms with Gasteiger partial charge in [-0.15, -0.1) is 0 Å². The smallest absolute Gasteiger partial charge is 0.137 e. The highest BCUT2D eigenvalue weighted by Gasteiger charge is 2.14. The summed E-state index contributed by atoms with van der Waals surface area (Å²) in [5.41, 5.74) is 1.23. The average Bonchev–Trinajstić information content (AvgIpc) is 2.34. The SMILES string of the molecule is OC(Cc1ccc(F)c(Br)c1)c1ncccc1Cl. The maximum Gasteiger partial charge on any atom is 0.137 e. The highest BCUT2D eigenvalue weighted by molar-refractivity contribution is 9.10. The van der Waals surface area contributed by atoms with E-state index < -0.39 is 6.10 Å². The normalized spacial score (nSPS) is 12.4. The van der Waals surface area contributed by atoms with Crippen molar-refractivity contribution >= 4 is 27.5 Å². The molecule has 0 radical (unpaired) electrons. The summed E-state index contributed by atoms with van der Waals surface area (Å²) in [6.45, 7) is 0. The number of aromatic nitrogens is 1. The predicted octanol–water partition coefficient (Wildman–Crippen LogP) is 3.91. The first-order valence-electron chi connectivity index (χ1n) is 5.30. The van der Waals surface area contributed by atoms with Crippen molar-refractivity contribution in [3.8, 4) is 0 Å². The molecule has 0 saturated carbocycles. The second kappa shape index (κ2) is 5.78. The van der Waals surface area contributed by atoms with Gasteiger partial charge in [0.25, 0.3) is 0 Å². The van der Waals surface area contributed by atoms with Crippen LogP contribution in [0, 0.1) is 5.82 Å². The number of rotatable bonds is 3. The van der Waals surface area contributed by atoms with Crippen LogP contribution in [0.4, 0.5) is 4.39 Å². The molecule has 0 aliphatic carbocycles. The number of hydrogen-bond acceptors (Lipinski definition) is 2. The Kier molecular flexibility index (Phi) is 4.32. The molecule has 2 nitrogen and oxygen atoms in total. The molecule has 18 heavy (non-hydrogen) atoms. The molecule has 94 valence electrons. The molecule has 0 bridgehead atoms. The van der Waals surface area contributed by atoms with Gasteiger partial charge in [0.15, 0.2) is 0 Å². The first-order chi connectivity index (χ1) is 8.58. The third-order valence-electron chi connectivity index (χ3n) is 2.52. The lowest BCUT2D eigenvalue weighted by atomic mass is 10.1. The molecule has 0 fully saturated rings. The van der Waals surface area contributed by atoms with E-state index in [9.17, 15) is 9.50 Å². The fraction of sp³-hybridized carbons (Fsp3) is 0.154. The van der Waals surface area contributed by atoms with Gasteiger partial charge in [0.05, 0.1) is 15.2 Å². The highest BCUT2D eigenvalue weighted by Crippen LogP contribution is 2.25. The molecule has 0 aliphatic rings. The van der Waals surface area contributed by atoms with Crippen molar-refractivity contribution in [2.24, 2.45) is 0 Å². The van der Waals surface area contributed by atoms with E-state index in [1.165, 1.54) is 6.07 Å². The van der Waals surface area contributed by atoms with Crippen LogP contribution in [0.15, 0.2) is 41.0 Å². The second-order valence-corrected chi connectivity index (χ2v) is 5.10.